The average molecular weight is 423 g/mol. The second kappa shape index (κ2) is 9.41. The van der Waals surface area contributed by atoms with Crippen LogP contribution in [-0.2, 0) is 6.54 Å². The first-order chi connectivity index (χ1) is 14.7. The average Bonchev–Trinajstić information content (AvgIpc) is 3.27. The normalized spacial score (nSPS) is 15.1. The standard InChI is InChI=1S/C24H26N2O3S/c1-28-21-9-8-19(14-22(21)29-2)24-25-20(16-30-24)15-26-12-10-18(11-13-26)23(27)17-6-4-3-5-7-17/h3-9,14,16,18H,10-13,15H2,1-2H3. The van der Waals surface area contributed by atoms with Crippen molar-refractivity contribution in [3.8, 4) is 22.1 Å². The van der Waals surface area contributed by atoms with Gasteiger partial charge >= 0.3 is 0 Å². The molecular formula is C24H26N2O3S. The van der Waals surface area contributed by atoms with Crippen LogP contribution in [0, 0.1) is 5.92 Å². The topological polar surface area (TPSA) is 51.7 Å². The number of hydrogen-bond acceptors (Lipinski definition) is 6. The van der Waals surface area contributed by atoms with Gasteiger partial charge in [0.25, 0.3) is 0 Å². The first kappa shape index (κ1) is 20.6. The van der Waals surface area contributed by atoms with Crippen molar-refractivity contribution in [2.45, 2.75) is 19.4 Å². The van der Waals surface area contributed by atoms with Crippen LogP contribution in [0.1, 0.15) is 28.9 Å². The maximum Gasteiger partial charge on any atom is 0.166 e. The Morgan fingerprint density at radius 1 is 1.07 bits per heavy atom. The quantitative estimate of drug-likeness (QED) is 0.506. The van der Waals surface area contributed by atoms with E-state index in [0.717, 1.165) is 54.3 Å². The Morgan fingerprint density at radius 2 is 1.80 bits per heavy atom. The molecule has 0 unspecified atom stereocenters. The van der Waals surface area contributed by atoms with Crippen molar-refractivity contribution in [2.75, 3.05) is 27.3 Å². The van der Waals surface area contributed by atoms with Gasteiger partial charge in [-0.3, -0.25) is 9.69 Å². The van der Waals surface area contributed by atoms with Gasteiger partial charge in [0.15, 0.2) is 17.3 Å². The highest BCUT2D eigenvalue weighted by Gasteiger charge is 2.26. The van der Waals surface area contributed by atoms with Gasteiger partial charge in [0.2, 0.25) is 0 Å². The lowest BCUT2D eigenvalue weighted by Gasteiger charge is -2.30. The molecule has 0 radical (unpaired) electrons. The van der Waals surface area contributed by atoms with Crippen molar-refractivity contribution in [1.29, 1.82) is 0 Å². The lowest BCUT2D eigenvalue weighted by molar-refractivity contribution is 0.0834. The van der Waals surface area contributed by atoms with Gasteiger partial charge < -0.3 is 9.47 Å². The third-order valence-electron chi connectivity index (χ3n) is 5.58. The summed E-state index contributed by atoms with van der Waals surface area (Å²) in [4.78, 5) is 19.9. The lowest BCUT2D eigenvalue weighted by atomic mass is 9.89. The van der Waals surface area contributed by atoms with E-state index in [1.54, 1.807) is 25.6 Å². The Kier molecular flexibility index (Phi) is 6.45. The van der Waals surface area contributed by atoms with E-state index in [1.807, 2.05) is 48.5 Å². The van der Waals surface area contributed by atoms with Gasteiger partial charge in [-0.15, -0.1) is 11.3 Å². The number of nitrogens with zero attached hydrogens (tertiary/aromatic N) is 2. The Bertz CT molecular complexity index is 995. The SMILES string of the molecule is COc1ccc(-c2nc(CN3CCC(C(=O)c4ccccc4)CC3)cs2)cc1OC. The Balaban J connectivity index is 1.36. The number of benzene rings is 2. The minimum atomic E-state index is 0.126. The number of aromatic nitrogens is 1. The van der Waals surface area contributed by atoms with Gasteiger partial charge in [-0.25, -0.2) is 4.98 Å². The molecule has 2 heterocycles. The van der Waals surface area contributed by atoms with Gasteiger partial charge in [0.1, 0.15) is 5.01 Å². The second-order valence-electron chi connectivity index (χ2n) is 7.49. The van der Waals surface area contributed by atoms with Crippen molar-refractivity contribution < 1.29 is 14.3 Å². The minimum Gasteiger partial charge on any atom is -0.493 e. The van der Waals surface area contributed by atoms with Crippen molar-refractivity contribution in [2.24, 2.45) is 5.92 Å². The first-order valence-corrected chi connectivity index (χ1v) is 11.0. The van der Waals surface area contributed by atoms with Crippen molar-refractivity contribution in [3.63, 3.8) is 0 Å². The van der Waals surface area contributed by atoms with Crippen LogP contribution in [-0.4, -0.2) is 43.0 Å². The molecule has 0 bridgehead atoms. The predicted octanol–water partition coefficient (Wildman–Crippen LogP) is 4.92. The van der Waals surface area contributed by atoms with E-state index < -0.39 is 0 Å². The molecule has 0 amide bonds. The number of carbonyl (C=O) groups is 1. The second-order valence-corrected chi connectivity index (χ2v) is 8.35. The number of ether oxygens (including phenoxy) is 2. The van der Waals surface area contributed by atoms with Crippen molar-refractivity contribution in [1.82, 2.24) is 9.88 Å². The smallest absolute Gasteiger partial charge is 0.166 e. The molecule has 0 aliphatic carbocycles. The third-order valence-corrected chi connectivity index (χ3v) is 6.52. The fourth-order valence-electron chi connectivity index (χ4n) is 3.90. The molecule has 156 valence electrons. The molecule has 6 heteroatoms. The molecule has 1 fully saturated rings. The number of Topliss-reactive ketones (excluding diaryl/α,β-unsaturated/α-hetero) is 1. The van der Waals surface area contributed by atoms with Crippen LogP contribution < -0.4 is 9.47 Å². The first-order valence-electron chi connectivity index (χ1n) is 10.2. The largest absolute Gasteiger partial charge is 0.493 e. The zero-order valence-corrected chi connectivity index (χ0v) is 18.2. The molecular weight excluding hydrogens is 396 g/mol. The maximum absolute atomic E-state index is 12.7. The zero-order valence-electron chi connectivity index (χ0n) is 17.3. The molecule has 1 saturated heterocycles. The van der Waals surface area contributed by atoms with E-state index in [2.05, 4.69) is 10.3 Å². The maximum atomic E-state index is 12.7. The fourth-order valence-corrected chi connectivity index (χ4v) is 4.71. The number of ketones is 1. The third kappa shape index (κ3) is 4.55. The van der Waals surface area contributed by atoms with Crippen LogP contribution >= 0.6 is 11.3 Å². The molecule has 30 heavy (non-hydrogen) atoms. The highest BCUT2D eigenvalue weighted by molar-refractivity contribution is 7.13. The summed E-state index contributed by atoms with van der Waals surface area (Å²) < 4.78 is 10.7. The highest BCUT2D eigenvalue weighted by atomic mass is 32.1. The van der Waals surface area contributed by atoms with E-state index in [-0.39, 0.29) is 11.7 Å². The van der Waals surface area contributed by atoms with Gasteiger partial charge in [-0.1, -0.05) is 30.3 Å². The number of thiazole rings is 1. The van der Waals surface area contributed by atoms with E-state index in [1.165, 1.54) is 0 Å². The predicted molar refractivity (Wildman–Crippen MR) is 119 cm³/mol. The molecule has 0 saturated carbocycles. The molecule has 4 rings (SSSR count). The zero-order chi connectivity index (χ0) is 20.9. The van der Waals surface area contributed by atoms with Crippen LogP contribution in [0.15, 0.2) is 53.9 Å². The molecule has 1 aromatic heterocycles. The van der Waals surface area contributed by atoms with Crippen molar-refractivity contribution in [3.05, 3.63) is 65.2 Å². The van der Waals surface area contributed by atoms with Crippen LogP contribution in [0.3, 0.4) is 0 Å². The molecule has 2 aromatic carbocycles. The minimum absolute atomic E-state index is 0.126. The van der Waals surface area contributed by atoms with Gasteiger partial charge in [0.05, 0.1) is 19.9 Å². The van der Waals surface area contributed by atoms with Crippen LogP contribution in [0.25, 0.3) is 10.6 Å². The summed E-state index contributed by atoms with van der Waals surface area (Å²) in [7, 11) is 3.27. The number of rotatable bonds is 7. The summed E-state index contributed by atoms with van der Waals surface area (Å²) in [6.07, 6.45) is 1.81. The summed E-state index contributed by atoms with van der Waals surface area (Å²) in [5, 5.41) is 3.09. The summed E-state index contributed by atoms with van der Waals surface area (Å²) in [6.45, 7) is 2.66. The number of piperidine rings is 1. The van der Waals surface area contributed by atoms with E-state index >= 15 is 0 Å². The molecule has 5 nitrogen and oxygen atoms in total. The summed E-state index contributed by atoms with van der Waals surface area (Å²) in [5.41, 5.74) is 2.92. The molecule has 0 N–H and O–H groups in total. The molecule has 0 atom stereocenters. The van der Waals surface area contributed by atoms with E-state index in [0.29, 0.717) is 11.5 Å². The van der Waals surface area contributed by atoms with Crippen LogP contribution in [0.2, 0.25) is 0 Å². The number of likely N-dealkylation sites (tertiary alicyclic amines) is 1. The molecule has 3 aromatic rings. The number of carbonyl (C=O) groups excluding carboxylic acids is 1. The van der Waals surface area contributed by atoms with E-state index in [4.69, 9.17) is 14.5 Å². The molecule has 0 spiro atoms. The van der Waals surface area contributed by atoms with Crippen LogP contribution in [0.5, 0.6) is 11.5 Å². The summed E-state index contributed by atoms with van der Waals surface area (Å²) in [6, 6.07) is 15.5. The monoisotopic (exact) mass is 422 g/mol. The summed E-state index contributed by atoms with van der Waals surface area (Å²) >= 11 is 1.64. The van der Waals surface area contributed by atoms with Crippen LogP contribution in [0.4, 0.5) is 0 Å². The Labute approximate surface area is 181 Å². The lowest BCUT2D eigenvalue weighted by Crippen LogP contribution is -2.36. The number of hydrogen-bond donors (Lipinski definition) is 0. The number of methoxy groups -OCH3 is 2. The van der Waals surface area contributed by atoms with Gasteiger partial charge in [-0.05, 0) is 44.1 Å². The van der Waals surface area contributed by atoms with Gasteiger partial charge in [-0.2, -0.15) is 0 Å². The molecule has 1 aliphatic rings. The highest BCUT2D eigenvalue weighted by Crippen LogP contribution is 2.34. The molecule has 1 aliphatic heterocycles. The van der Waals surface area contributed by atoms with Crippen molar-refractivity contribution >= 4 is 17.1 Å². The van der Waals surface area contributed by atoms with E-state index in [9.17, 15) is 4.79 Å². The Hall–Kier alpha value is -2.70. The fraction of sp³-hybridized carbons (Fsp3) is 0.333. The summed E-state index contributed by atoms with van der Waals surface area (Å²) in [5.74, 6) is 1.82. The Morgan fingerprint density at radius 3 is 2.50 bits per heavy atom. The van der Waals surface area contributed by atoms with Gasteiger partial charge in [0, 0.05) is 29.0 Å².